The van der Waals surface area contributed by atoms with Crippen LogP contribution in [0.1, 0.15) is 52.7 Å². The van der Waals surface area contributed by atoms with Crippen LogP contribution < -0.4 is 15.8 Å². The minimum atomic E-state index is -0.621. The van der Waals surface area contributed by atoms with Crippen LogP contribution in [-0.4, -0.2) is 154 Å². The van der Waals surface area contributed by atoms with Gasteiger partial charge in [0.1, 0.15) is 11.2 Å². The molecule has 296 valence electrons. The Bertz CT molecular complexity index is 1590. The second-order valence-corrected chi connectivity index (χ2v) is 14.2. The van der Waals surface area contributed by atoms with Gasteiger partial charge >= 0.3 is 23.7 Å². The summed E-state index contributed by atoms with van der Waals surface area (Å²) in [5.41, 5.74) is 1.73. The van der Waals surface area contributed by atoms with Crippen LogP contribution >= 0.6 is 0 Å². The monoisotopic (exact) mass is 744 g/mol. The van der Waals surface area contributed by atoms with Gasteiger partial charge in [0.2, 0.25) is 5.91 Å². The predicted molar refractivity (Wildman–Crippen MR) is 203 cm³/mol. The van der Waals surface area contributed by atoms with Crippen molar-refractivity contribution >= 4 is 40.6 Å². The van der Waals surface area contributed by atoms with Crippen LogP contribution in [0.3, 0.4) is 0 Å². The van der Waals surface area contributed by atoms with Crippen LogP contribution in [0.15, 0.2) is 27.4 Å². The van der Waals surface area contributed by atoms with E-state index in [2.05, 4.69) is 15.1 Å². The van der Waals surface area contributed by atoms with Gasteiger partial charge < -0.3 is 28.8 Å². The van der Waals surface area contributed by atoms with Gasteiger partial charge in [0, 0.05) is 89.5 Å². The summed E-state index contributed by atoms with van der Waals surface area (Å²) in [6.45, 7) is 20.9. The molecule has 1 aliphatic heterocycles. The zero-order chi connectivity index (χ0) is 39.1. The van der Waals surface area contributed by atoms with Crippen LogP contribution in [0, 0.1) is 13.8 Å². The summed E-state index contributed by atoms with van der Waals surface area (Å²) >= 11 is 0. The van der Waals surface area contributed by atoms with Crippen LogP contribution in [-0.2, 0) is 28.6 Å². The summed E-state index contributed by atoms with van der Waals surface area (Å²) in [6.07, 6.45) is -0.497. The summed E-state index contributed by atoms with van der Waals surface area (Å²) < 4.78 is 21.4. The molecule has 0 bridgehead atoms. The number of nitrogens with one attached hydrogen (secondary N) is 1. The number of fused-ring (bicyclic) bond motifs is 1. The molecule has 1 aromatic heterocycles. The first kappa shape index (κ1) is 43.4. The normalized spacial score (nSPS) is 16.0. The van der Waals surface area contributed by atoms with Gasteiger partial charge in [-0.2, -0.15) is 0 Å². The maximum absolute atomic E-state index is 14.1. The topological polar surface area (TPSA) is 154 Å². The summed E-state index contributed by atoms with van der Waals surface area (Å²) in [6, 6.07) is 5.16. The second-order valence-electron chi connectivity index (χ2n) is 14.2. The van der Waals surface area contributed by atoms with E-state index in [-0.39, 0.29) is 50.7 Å². The van der Waals surface area contributed by atoms with E-state index in [0.717, 1.165) is 16.5 Å². The van der Waals surface area contributed by atoms with Crippen molar-refractivity contribution in [1.29, 1.82) is 0 Å². The van der Waals surface area contributed by atoms with Gasteiger partial charge in [-0.05, 0) is 72.6 Å². The first-order valence-electron chi connectivity index (χ1n) is 18.6. The summed E-state index contributed by atoms with van der Waals surface area (Å²) in [5, 5.41) is 3.65. The van der Waals surface area contributed by atoms with E-state index in [4.69, 9.17) is 18.6 Å². The Morgan fingerprint density at radius 1 is 0.755 bits per heavy atom. The van der Waals surface area contributed by atoms with Crippen molar-refractivity contribution in [2.45, 2.75) is 61.0 Å². The Morgan fingerprint density at radius 2 is 1.26 bits per heavy atom. The fourth-order valence-corrected chi connectivity index (χ4v) is 6.20. The Morgan fingerprint density at radius 3 is 1.75 bits per heavy atom. The van der Waals surface area contributed by atoms with E-state index in [0.29, 0.717) is 83.3 Å². The van der Waals surface area contributed by atoms with Gasteiger partial charge in [0.05, 0.1) is 38.5 Å². The molecule has 0 aliphatic carbocycles. The third-order valence-electron chi connectivity index (χ3n) is 8.88. The molecular weight excluding hydrogens is 684 g/mol. The van der Waals surface area contributed by atoms with Crippen molar-refractivity contribution in [3.05, 3.63) is 39.7 Å². The maximum atomic E-state index is 14.1. The number of ether oxygens (including phenoxy) is 3. The van der Waals surface area contributed by atoms with Gasteiger partial charge in [-0.15, -0.1) is 0 Å². The number of alkyl carbamates (subject to hydrolysis) is 1. The molecule has 1 N–H and O–H groups in total. The number of aryl methyl sites for hydroxylation is 2. The van der Waals surface area contributed by atoms with E-state index in [1.165, 1.54) is 6.07 Å². The molecule has 0 radical (unpaired) electrons. The van der Waals surface area contributed by atoms with Gasteiger partial charge in [-0.25, -0.2) is 9.59 Å². The van der Waals surface area contributed by atoms with E-state index in [9.17, 15) is 24.0 Å². The fourth-order valence-electron chi connectivity index (χ4n) is 6.20. The van der Waals surface area contributed by atoms with Crippen LogP contribution in [0.5, 0.6) is 0 Å². The first-order valence-corrected chi connectivity index (χ1v) is 18.6. The van der Waals surface area contributed by atoms with E-state index >= 15 is 0 Å². The molecule has 0 atom stereocenters. The number of hydrogen-bond donors (Lipinski definition) is 1. The lowest BCUT2D eigenvalue weighted by Crippen LogP contribution is -2.50. The number of rotatable bonds is 13. The maximum Gasteiger partial charge on any atom is 0.407 e. The van der Waals surface area contributed by atoms with Gasteiger partial charge in [0.15, 0.2) is 0 Å². The molecule has 3 rings (SSSR count). The number of benzene rings is 1. The molecule has 2 heterocycles. The number of anilines is 1. The average molecular weight is 745 g/mol. The highest BCUT2D eigenvalue weighted by Crippen LogP contribution is 2.28. The van der Waals surface area contributed by atoms with Crippen molar-refractivity contribution < 1.29 is 37.8 Å². The number of esters is 2. The van der Waals surface area contributed by atoms with E-state index < -0.39 is 17.3 Å². The Hall–Kier alpha value is -4.05. The summed E-state index contributed by atoms with van der Waals surface area (Å²) in [5.74, 6) is -0.778. The van der Waals surface area contributed by atoms with Crippen LogP contribution in [0.25, 0.3) is 11.0 Å². The number of amides is 2. The molecule has 53 heavy (non-hydrogen) atoms. The van der Waals surface area contributed by atoms with Crippen molar-refractivity contribution in [2.75, 3.05) is 110 Å². The van der Waals surface area contributed by atoms with Gasteiger partial charge in [-0.1, -0.05) is 0 Å². The standard InChI is InChI=1S/C38H60N6O9/c1-9-44(31-24-32-30(22-29(31)5)28(4)23-34(46)52-32)33(45)25-41-16-14-40(13-12-39-37(49)53-38(6,7)8)15-17-42(26-35(47)50-10-2)20-21-43(19-18-41)27-36(48)51-11-3/h22-24H,9-21,25-27H2,1-8H3,(H,39,49). The quantitative estimate of drug-likeness (QED) is 0.182. The molecule has 1 aromatic carbocycles. The smallest absolute Gasteiger partial charge is 0.407 e. The molecule has 1 fully saturated rings. The average Bonchev–Trinajstić information content (AvgIpc) is 3.06. The van der Waals surface area contributed by atoms with Gasteiger partial charge in [0.25, 0.3) is 0 Å². The Kier molecular flexibility index (Phi) is 17.2. The third-order valence-corrected chi connectivity index (χ3v) is 8.88. The second kappa shape index (κ2) is 21.0. The SMILES string of the molecule is CCOC(=O)CN1CCN(CCNC(=O)OC(C)(C)C)CCN(CC(=O)N(CC)c2cc3oc(=O)cc(C)c3cc2C)CCN(CC(=O)OCC)CC1. The molecule has 15 heteroatoms. The lowest BCUT2D eigenvalue weighted by molar-refractivity contribution is -0.146. The summed E-state index contributed by atoms with van der Waals surface area (Å²) in [7, 11) is 0. The highest BCUT2D eigenvalue weighted by Gasteiger charge is 2.24. The number of carbonyl (C=O) groups is 4. The third kappa shape index (κ3) is 14.7. The van der Waals surface area contributed by atoms with E-state index in [1.54, 1.807) is 24.8 Å². The number of carbonyl (C=O) groups excluding carboxylic acids is 4. The van der Waals surface area contributed by atoms with Crippen molar-refractivity contribution in [3.63, 3.8) is 0 Å². The molecule has 0 unspecified atom stereocenters. The molecule has 2 aromatic rings. The molecule has 1 saturated heterocycles. The Labute approximate surface area is 313 Å². The highest BCUT2D eigenvalue weighted by molar-refractivity contribution is 5.98. The largest absolute Gasteiger partial charge is 0.465 e. The predicted octanol–water partition coefficient (Wildman–Crippen LogP) is 2.64. The molecule has 1 aliphatic rings. The molecule has 2 amide bonds. The zero-order valence-corrected chi connectivity index (χ0v) is 33.0. The lowest BCUT2D eigenvalue weighted by atomic mass is 10.1. The van der Waals surface area contributed by atoms with E-state index in [1.807, 2.05) is 57.4 Å². The molecular formula is C38H60N6O9. The fraction of sp³-hybridized carbons (Fsp3) is 0.658. The van der Waals surface area contributed by atoms with Crippen molar-refractivity contribution in [1.82, 2.24) is 24.9 Å². The van der Waals surface area contributed by atoms with Crippen molar-refractivity contribution in [3.8, 4) is 0 Å². The Balaban J connectivity index is 1.86. The first-order chi connectivity index (χ1) is 25.1. The van der Waals surface area contributed by atoms with Gasteiger partial charge in [-0.3, -0.25) is 34.0 Å². The summed E-state index contributed by atoms with van der Waals surface area (Å²) in [4.78, 5) is 73.8. The molecule has 0 spiro atoms. The number of hydrogen-bond acceptors (Lipinski definition) is 13. The minimum absolute atomic E-state index is 0.0767. The number of likely N-dealkylation sites (N-methyl/N-ethyl adjacent to an activating group) is 1. The van der Waals surface area contributed by atoms with Crippen LogP contribution in [0.2, 0.25) is 0 Å². The number of nitrogens with zero attached hydrogens (tertiary/aromatic N) is 5. The molecule has 0 saturated carbocycles. The highest BCUT2D eigenvalue weighted by atomic mass is 16.6. The lowest BCUT2D eigenvalue weighted by Gasteiger charge is -2.34. The van der Waals surface area contributed by atoms with Crippen LogP contribution in [0.4, 0.5) is 10.5 Å². The zero-order valence-electron chi connectivity index (χ0n) is 33.0. The molecule has 15 nitrogen and oxygen atoms in total. The minimum Gasteiger partial charge on any atom is -0.465 e. The van der Waals surface area contributed by atoms with Crippen molar-refractivity contribution in [2.24, 2.45) is 0 Å².